The third-order valence-electron chi connectivity index (χ3n) is 3.52. The predicted octanol–water partition coefficient (Wildman–Crippen LogP) is 4.34. The standard InChI is InChI=1S/C21H20Cl2N2O2/c1-15(25-21(27)11-9-17-5-3-7-19(23)13-17)14-24-20(26)10-8-16-4-2-6-18(22)12-16/h2-13,15H,14H2,1H3,(H,24,26)(H,25,27)/b10-8+,11-9+. The van der Waals surface area contributed by atoms with Crippen LogP contribution in [0.2, 0.25) is 10.0 Å². The number of hydrogen-bond acceptors (Lipinski definition) is 2. The van der Waals surface area contributed by atoms with Gasteiger partial charge in [-0.2, -0.15) is 0 Å². The number of hydrogen-bond donors (Lipinski definition) is 2. The molecule has 0 aliphatic heterocycles. The normalized spacial score (nSPS) is 12.3. The van der Waals surface area contributed by atoms with Crippen LogP contribution in [0.25, 0.3) is 12.2 Å². The highest BCUT2D eigenvalue weighted by Gasteiger charge is 2.06. The van der Waals surface area contributed by atoms with Gasteiger partial charge in [0, 0.05) is 34.8 Å². The maximum absolute atomic E-state index is 11.9. The quantitative estimate of drug-likeness (QED) is 0.676. The van der Waals surface area contributed by atoms with Gasteiger partial charge in [0.05, 0.1) is 0 Å². The van der Waals surface area contributed by atoms with Crippen molar-refractivity contribution in [2.45, 2.75) is 13.0 Å². The number of carbonyl (C=O) groups is 2. The number of amides is 2. The van der Waals surface area contributed by atoms with E-state index < -0.39 is 0 Å². The van der Waals surface area contributed by atoms with Gasteiger partial charge in [-0.05, 0) is 54.5 Å². The Morgan fingerprint density at radius 3 is 1.96 bits per heavy atom. The summed E-state index contributed by atoms with van der Waals surface area (Å²) in [4.78, 5) is 23.8. The van der Waals surface area contributed by atoms with Crippen LogP contribution in [0.4, 0.5) is 0 Å². The third-order valence-corrected chi connectivity index (χ3v) is 3.99. The Bertz CT molecular complexity index is 863. The Morgan fingerprint density at radius 1 is 0.926 bits per heavy atom. The molecule has 4 nitrogen and oxygen atoms in total. The number of rotatable bonds is 7. The molecule has 6 heteroatoms. The summed E-state index contributed by atoms with van der Waals surface area (Å²) in [6.45, 7) is 2.13. The second-order valence-corrected chi connectivity index (χ2v) is 6.80. The van der Waals surface area contributed by atoms with Crippen LogP contribution in [0.15, 0.2) is 60.7 Å². The minimum absolute atomic E-state index is 0.218. The molecule has 140 valence electrons. The Balaban J connectivity index is 1.75. The summed E-state index contributed by atoms with van der Waals surface area (Å²) in [6.07, 6.45) is 6.22. The highest BCUT2D eigenvalue weighted by atomic mass is 35.5. The lowest BCUT2D eigenvalue weighted by Crippen LogP contribution is -2.40. The van der Waals surface area contributed by atoms with E-state index in [0.717, 1.165) is 11.1 Å². The topological polar surface area (TPSA) is 58.2 Å². The fraction of sp³-hybridized carbons (Fsp3) is 0.143. The number of benzene rings is 2. The van der Waals surface area contributed by atoms with Gasteiger partial charge in [-0.1, -0.05) is 47.5 Å². The minimum Gasteiger partial charge on any atom is -0.351 e. The van der Waals surface area contributed by atoms with E-state index in [0.29, 0.717) is 16.6 Å². The Hall–Kier alpha value is -2.56. The van der Waals surface area contributed by atoms with Gasteiger partial charge >= 0.3 is 0 Å². The van der Waals surface area contributed by atoms with Gasteiger partial charge in [-0.3, -0.25) is 9.59 Å². The molecule has 0 aliphatic rings. The average Bonchev–Trinajstić information content (AvgIpc) is 2.63. The van der Waals surface area contributed by atoms with Crippen LogP contribution in [0, 0.1) is 0 Å². The molecule has 27 heavy (non-hydrogen) atoms. The number of carbonyl (C=O) groups excluding carboxylic acids is 2. The second kappa shape index (κ2) is 10.6. The zero-order valence-electron chi connectivity index (χ0n) is 14.8. The van der Waals surface area contributed by atoms with Crippen molar-refractivity contribution in [3.63, 3.8) is 0 Å². The van der Waals surface area contributed by atoms with Crippen LogP contribution in [0.1, 0.15) is 18.1 Å². The van der Waals surface area contributed by atoms with E-state index in [1.165, 1.54) is 12.2 Å². The Labute approximate surface area is 168 Å². The molecule has 2 amide bonds. The molecule has 0 bridgehead atoms. The molecule has 0 spiro atoms. The van der Waals surface area contributed by atoms with E-state index >= 15 is 0 Å². The van der Waals surface area contributed by atoms with E-state index in [9.17, 15) is 9.59 Å². The highest BCUT2D eigenvalue weighted by molar-refractivity contribution is 6.31. The van der Waals surface area contributed by atoms with Crippen molar-refractivity contribution in [2.24, 2.45) is 0 Å². The largest absolute Gasteiger partial charge is 0.351 e. The van der Waals surface area contributed by atoms with Crippen LogP contribution in [0.5, 0.6) is 0 Å². The summed E-state index contributed by atoms with van der Waals surface area (Å²) in [5.74, 6) is -0.489. The molecule has 0 aliphatic carbocycles. The van der Waals surface area contributed by atoms with E-state index in [2.05, 4.69) is 10.6 Å². The summed E-state index contributed by atoms with van der Waals surface area (Å²) in [5.41, 5.74) is 1.68. The second-order valence-electron chi connectivity index (χ2n) is 5.93. The number of nitrogens with one attached hydrogen (secondary N) is 2. The zero-order valence-corrected chi connectivity index (χ0v) is 16.3. The van der Waals surface area contributed by atoms with E-state index in [1.54, 1.807) is 36.4 Å². The summed E-state index contributed by atoms with van der Waals surface area (Å²) in [6, 6.07) is 14.2. The molecule has 0 heterocycles. The van der Waals surface area contributed by atoms with Crippen molar-refractivity contribution in [2.75, 3.05) is 6.54 Å². The van der Waals surface area contributed by atoms with Crippen molar-refractivity contribution in [3.05, 3.63) is 81.9 Å². The van der Waals surface area contributed by atoms with Gasteiger partial charge < -0.3 is 10.6 Å². The molecular formula is C21H20Cl2N2O2. The molecule has 1 unspecified atom stereocenters. The van der Waals surface area contributed by atoms with E-state index in [4.69, 9.17) is 23.2 Å². The van der Waals surface area contributed by atoms with Crippen LogP contribution >= 0.6 is 23.2 Å². The number of halogens is 2. The molecule has 2 rings (SSSR count). The summed E-state index contributed by atoms with van der Waals surface area (Å²) < 4.78 is 0. The molecule has 2 aromatic rings. The van der Waals surface area contributed by atoms with Crippen LogP contribution < -0.4 is 10.6 Å². The maximum atomic E-state index is 11.9. The molecular weight excluding hydrogens is 383 g/mol. The SMILES string of the molecule is CC(CNC(=O)/C=C/c1cccc(Cl)c1)NC(=O)/C=C/c1cccc(Cl)c1. The monoisotopic (exact) mass is 402 g/mol. The molecule has 0 radical (unpaired) electrons. The minimum atomic E-state index is -0.245. The zero-order chi connectivity index (χ0) is 19.6. The lowest BCUT2D eigenvalue weighted by molar-refractivity contribution is -0.118. The lowest BCUT2D eigenvalue weighted by Gasteiger charge is -2.12. The first kappa shape index (κ1) is 20.7. The van der Waals surface area contributed by atoms with Crippen molar-refractivity contribution < 1.29 is 9.59 Å². The van der Waals surface area contributed by atoms with Gasteiger partial charge in [0.15, 0.2) is 0 Å². The first-order valence-corrected chi connectivity index (χ1v) is 9.13. The van der Waals surface area contributed by atoms with Gasteiger partial charge in [-0.15, -0.1) is 0 Å². The molecule has 2 N–H and O–H groups in total. The molecule has 1 atom stereocenters. The molecule has 0 aromatic heterocycles. The van der Waals surface area contributed by atoms with Crippen molar-refractivity contribution in [1.82, 2.24) is 10.6 Å². The fourth-order valence-electron chi connectivity index (χ4n) is 2.22. The van der Waals surface area contributed by atoms with Crippen molar-refractivity contribution >= 4 is 47.2 Å². The Morgan fingerprint density at radius 2 is 1.44 bits per heavy atom. The molecule has 0 fully saturated rings. The van der Waals surface area contributed by atoms with E-state index in [1.807, 2.05) is 31.2 Å². The Kier molecular flexibility index (Phi) is 8.11. The van der Waals surface area contributed by atoms with E-state index in [-0.39, 0.29) is 17.9 Å². The van der Waals surface area contributed by atoms with Crippen LogP contribution in [0.3, 0.4) is 0 Å². The third kappa shape index (κ3) is 8.11. The highest BCUT2D eigenvalue weighted by Crippen LogP contribution is 2.12. The molecule has 0 saturated heterocycles. The summed E-state index contributed by atoms with van der Waals surface area (Å²) in [5, 5.41) is 6.75. The fourth-order valence-corrected chi connectivity index (χ4v) is 2.62. The average molecular weight is 403 g/mol. The first-order valence-electron chi connectivity index (χ1n) is 8.38. The van der Waals surface area contributed by atoms with Gasteiger partial charge in [0.2, 0.25) is 11.8 Å². The van der Waals surface area contributed by atoms with Crippen molar-refractivity contribution in [1.29, 1.82) is 0 Å². The van der Waals surface area contributed by atoms with Gasteiger partial charge in [-0.25, -0.2) is 0 Å². The van der Waals surface area contributed by atoms with Gasteiger partial charge in [0.1, 0.15) is 0 Å². The summed E-state index contributed by atoms with van der Waals surface area (Å²) in [7, 11) is 0. The first-order chi connectivity index (χ1) is 12.9. The lowest BCUT2D eigenvalue weighted by atomic mass is 10.2. The smallest absolute Gasteiger partial charge is 0.244 e. The van der Waals surface area contributed by atoms with Crippen LogP contribution in [-0.2, 0) is 9.59 Å². The molecule has 0 saturated carbocycles. The summed E-state index contributed by atoms with van der Waals surface area (Å²) >= 11 is 11.8. The van der Waals surface area contributed by atoms with Gasteiger partial charge in [0.25, 0.3) is 0 Å². The van der Waals surface area contributed by atoms with Crippen molar-refractivity contribution in [3.8, 4) is 0 Å². The maximum Gasteiger partial charge on any atom is 0.244 e. The predicted molar refractivity (Wildman–Crippen MR) is 112 cm³/mol. The molecule has 2 aromatic carbocycles. The van der Waals surface area contributed by atoms with Crippen LogP contribution in [-0.4, -0.2) is 24.4 Å².